The SMILES string of the molecule is CC[C@H](CO)NS(=O)(=O)c1c(N)cccc1F. The molecule has 0 fully saturated rings. The van der Waals surface area contributed by atoms with Gasteiger partial charge in [0.2, 0.25) is 10.0 Å². The van der Waals surface area contributed by atoms with Crippen LogP contribution in [0.5, 0.6) is 0 Å². The molecule has 1 aromatic rings. The highest BCUT2D eigenvalue weighted by Crippen LogP contribution is 2.21. The van der Waals surface area contributed by atoms with Crippen LogP contribution in [0.2, 0.25) is 0 Å². The van der Waals surface area contributed by atoms with Gasteiger partial charge in [0, 0.05) is 6.04 Å². The predicted molar refractivity (Wildman–Crippen MR) is 62.3 cm³/mol. The second-order valence-corrected chi connectivity index (χ2v) is 5.22. The van der Waals surface area contributed by atoms with Crippen molar-refractivity contribution in [2.75, 3.05) is 12.3 Å². The van der Waals surface area contributed by atoms with Crippen LogP contribution < -0.4 is 10.5 Å². The lowest BCUT2D eigenvalue weighted by molar-refractivity contribution is 0.253. The van der Waals surface area contributed by atoms with Gasteiger partial charge in [0.1, 0.15) is 10.7 Å². The number of benzene rings is 1. The summed E-state index contributed by atoms with van der Waals surface area (Å²) in [6, 6.07) is 2.99. The van der Waals surface area contributed by atoms with Crippen LogP contribution in [0.15, 0.2) is 23.1 Å². The third kappa shape index (κ3) is 3.15. The van der Waals surface area contributed by atoms with Gasteiger partial charge in [-0.25, -0.2) is 17.5 Å². The molecule has 1 atom stereocenters. The number of rotatable bonds is 5. The molecule has 0 aliphatic carbocycles. The highest BCUT2D eigenvalue weighted by atomic mass is 32.2. The number of hydrogen-bond acceptors (Lipinski definition) is 4. The van der Waals surface area contributed by atoms with E-state index in [-0.39, 0.29) is 12.3 Å². The fraction of sp³-hybridized carbons (Fsp3) is 0.400. The zero-order valence-corrected chi connectivity index (χ0v) is 10.2. The fourth-order valence-electron chi connectivity index (χ4n) is 1.34. The van der Waals surface area contributed by atoms with Crippen LogP contribution in [0, 0.1) is 5.82 Å². The molecule has 0 unspecified atom stereocenters. The van der Waals surface area contributed by atoms with Gasteiger partial charge in [0.15, 0.2) is 0 Å². The second kappa shape index (κ2) is 5.44. The van der Waals surface area contributed by atoms with Crippen LogP contribution in [0.25, 0.3) is 0 Å². The van der Waals surface area contributed by atoms with E-state index in [2.05, 4.69) is 4.72 Å². The van der Waals surface area contributed by atoms with Gasteiger partial charge < -0.3 is 10.8 Å². The first-order valence-corrected chi connectivity index (χ1v) is 6.57. The topological polar surface area (TPSA) is 92.4 Å². The Hall–Kier alpha value is -1.18. The van der Waals surface area contributed by atoms with E-state index < -0.39 is 26.8 Å². The Bertz CT molecular complexity index is 466. The smallest absolute Gasteiger partial charge is 0.245 e. The van der Waals surface area contributed by atoms with E-state index in [0.717, 1.165) is 6.07 Å². The summed E-state index contributed by atoms with van der Waals surface area (Å²) in [4.78, 5) is -0.577. The van der Waals surface area contributed by atoms with Crippen molar-refractivity contribution in [1.29, 1.82) is 0 Å². The molecular weight excluding hydrogens is 247 g/mol. The fourth-order valence-corrected chi connectivity index (χ4v) is 2.84. The average molecular weight is 262 g/mol. The van der Waals surface area contributed by atoms with E-state index in [4.69, 9.17) is 10.8 Å². The van der Waals surface area contributed by atoms with E-state index in [9.17, 15) is 12.8 Å². The maximum atomic E-state index is 13.4. The summed E-state index contributed by atoms with van der Waals surface area (Å²) in [7, 11) is -4.06. The molecule has 17 heavy (non-hydrogen) atoms. The number of sulfonamides is 1. The standard InChI is InChI=1S/C10H15FN2O3S/c1-2-7(6-14)13-17(15,16)10-8(11)4-3-5-9(10)12/h3-5,7,13-14H,2,6,12H2,1H3/t7-/m1/s1. The number of aliphatic hydroxyl groups is 1. The van der Waals surface area contributed by atoms with Crippen molar-refractivity contribution in [3.63, 3.8) is 0 Å². The van der Waals surface area contributed by atoms with E-state index in [1.54, 1.807) is 6.92 Å². The lowest BCUT2D eigenvalue weighted by atomic mass is 10.3. The van der Waals surface area contributed by atoms with Gasteiger partial charge >= 0.3 is 0 Å². The van der Waals surface area contributed by atoms with Crippen molar-refractivity contribution in [3.05, 3.63) is 24.0 Å². The molecule has 5 nitrogen and oxygen atoms in total. The molecular formula is C10H15FN2O3S. The number of nitrogen functional groups attached to an aromatic ring is 1. The summed E-state index contributed by atoms with van der Waals surface area (Å²) < 4.78 is 39.4. The number of nitrogens with two attached hydrogens (primary N) is 1. The molecule has 1 aromatic carbocycles. The zero-order valence-electron chi connectivity index (χ0n) is 9.35. The van der Waals surface area contributed by atoms with Crippen LogP contribution in [-0.4, -0.2) is 26.2 Å². The monoisotopic (exact) mass is 262 g/mol. The maximum Gasteiger partial charge on any atom is 0.245 e. The van der Waals surface area contributed by atoms with E-state index in [1.165, 1.54) is 12.1 Å². The van der Waals surface area contributed by atoms with E-state index in [1.807, 2.05) is 0 Å². The van der Waals surface area contributed by atoms with Crippen LogP contribution in [0.4, 0.5) is 10.1 Å². The molecule has 0 aromatic heterocycles. The van der Waals surface area contributed by atoms with Gasteiger partial charge in [-0.2, -0.15) is 0 Å². The first-order chi connectivity index (χ1) is 7.92. The van der Waals surface area contributed by atoms with Crippen molar-refractivity contribution in [1.82, 2.24) is 4.72 Å². The average Bonchev–Trinajstić information content (AvgIpc) is 2.25. The molecule has 0 aliphatic rings. The summed E-state index contributed by atoms with van der Waals surface area (Å²) in [6.07, 6.45) is 0.393. The first-order valence-electron chi connectivity index (χ1n) is 5.09. The quantitative estimate of drug-likeness (QED) is 0.672. The van der Waals surface area contributed by atoms with Gasteiger partial charge in [-0.3, -0.25) is 0 Å². The molecule has 0 heterocycles. The van der Waals surface area contributed by atoms with Crippen molar-refractivity contribution in [3.8, 4) is 0 Å². The summed E-state index contributed by atoms with van der Waals surface area (Å²) >= 11 is 0. The number of anilines is 1. The van der Waals surface area contributed by atoms with Crippen molar-refractivity contribution in [2.24, 2.45) is 0 Å². The third-order valence-electron chi connectivity index (χ3n) is 2.30. The zero-order chi connectivity index (χ0) is 13.1. The molecule has 0 aliphatic heterocycles. The second-order valence-electron chi connectivity index (χ2n) is 3.57. The Balaban J connectivity index is 3.14. The highest BCUT2D eigenvalue weighted by molar-refractivity contribution is 7.89. The Morgan fingerprint density at radius 3 is 2.65 bits per heavy atom. The minimum atomic E-state index is -4.06. The molecule has 0 amide bonds. The molecule has 0 spiro atoms. The Morgan fingerprint density at radius 2 is 2.18 bits per heavy atom. The molecule has 1 rings (SSSR count). The van der Waals surface area contributed by atoms with Crippen molar-refractivity contribution >= 4 is 15.7 Å². The van der Waals surface area contributed by atoms with E-state index >= 15 is 0 Å². The molecule has 96 valence electrons. The molecule has 7 heteroatoms. The Morgan fingerprint density at radius 1 is 1.53 bits per heavy atom. The highest BCUT2D eigenvalue weighted by Gasteiger charge is 2.24. The van der Waals surface area contributed by atoms with Crippen molar-refractivity contribution in [2.45, 2.75) is 24.3 Å². The Labute approximate surface area is 99.5 Å². The van der Waals surface area contributed by atoms with Gasteiger partial charge in [-0.05, 0) is 18.6 Å². The predicted octanol–water partition coefficient (Wildman–Crippen LogP) is 0.457. The third-order valence-corrected chi connectivity index (χ3v) is 3.91. The van der Waals surface area contributed by atoms with Crippen LogP contribution >= 0.6 is 0 Å². The number of nitrogens with one attached hydrogen (secondary N) is 1. The maximum absolute atomic E-state index is 13.4. The molecule has 4 N–H and O–H groups in total. The summed E-state index contributed by atoms with van der Waals surface area (Å²) in [5.41, 5.74) is 5.28. The lowest BCUT2D eigenvalue weighted by Gasteiger charge is -2.15. The normalized spacial score (nSPS) is 13.6. The Kier molecular flexibility index (Phi) is 4.44. The van der Waals surface area contributed by atoms with Crippen molar-refractivity contribution < 1.29 is 17.9 Å². The van der Waals surface area contributed by atoms with Crippen LogP contribution in [0.1, 0.15) is 13.3 Å². The number of halogens is 1. The molecule has 0 saturated heterocycles. The van der Waals surface area contributed by atoms with Crippen LogP contribution in [0.3, 0.4) is 0 Å². The first kappa shape index (κ1) is 13.9. The van der Waals surface area contributed by atoms with Gasteiger partial charge in [0.05, 0.1) is 12.3 Å². The molecule has 0 radical (unpaired) electrons. The summed E-state index contributed by atoms with van der Waals surface area (Å²) in [5.74, 6) is -0.912. The minimum absolute atomic E-state index is 0.162. The van der Waals surface area contributed by atoms with Gasteiger partial charge in [-0.1, -0.05) is 13.0 Å². The number of aliphatic hydroxyl groups excluding tert-OH is 1. The van der Waals surface area contributed by atoms with Crippen LogP contribution in [-0.2, 0) is 10.0 Å². The number of hydrogen-bond donors (Lipinski definition) is 3. The minimum Gasteiger partial charge on any atom is -0.398 e. The summed E-state index contributed by atoms with van der Waals surface area (Å²) in [5, 5.41) is 8.92. The van der Waals surface area contributed by atoms with Gasteiger partial charge in [0.25, 0.3) is 0 Å². The largest absolute Gasteiger partial charge is 0.398 e. The lowest BCUT2D eigenvalue weighted by Crippen LogP contribution is -2.37. The van der Waals surface area contributed by atoms with E-state index in [0.29, 0.717) is 6.42 Å². The van der Waals surface area contributed by atoms with Gasteiger partial charge in [-0.15, -0.1) is 0 Å². The molecule has 0 saturated carbocycles. The summed E-state index contributed by atoms with van der Waals surface area (Å²) in [6.45, 7) is 1.35. The molecule has 0 bridgehead atoms.